The van der Waals surface area contributed by atoms with Crippen LogP contribution in [0, 0.1) is 0 Å². The van der Waals surface area contributed by atoms with Gasteiger partial charge < -0.3 is 19.4 Å². The van der Waals surface area contributed by atoms with E-state index in [1.54, 1.807) is 34.7 Å². The van der Waals surface area contributed by atoms with Gasteiger partial charge in [0, 0.05) is 33.3 Å². The zero-order chi connectivity index (χ0) is 31.3. The maximum absolute atomic E-state index is 13.7. The zero-order valence-corrected chi connectivity index (χ0v) is 26.6. The molecular weight excluding hydrogens is 586 g/mol. The number of sulfonamides is 1. The Kier molecular flexibility index (Phi) is 10.1. The van der Waals surface area contributed by atoms with Gasteiger partial charge >= 0.3 is 0 Å². The average molecular weight is 628 g/mol. The van der Waals surface area contributed by atoms with E-state index in [4.69, 9.17) is 19.6 Å². The molecule has 0 atom stereocenters. The number of fused-ring (bicyclic) bond motifs is 1. The standard InChI is InChI=1S/C29H41N9O5S/c1-5-8-23-26-27(38(34-23)19-25-30-20-31-37(25)15-17-42-4)29(39)33-28(32-26)22-18-21(9-10-24(22)43-16-6-2)44(40,41)36-13-11-35(7-3)12-14-36/h9-10,18,20H,5-8,11-17,19H2,1-4H3,(H,32,33,39). The van der Waals surface area contributed by atoms with Crippen molar-refractivity contribution in [1.29, 1.82) is 0 Å². The fourth-order valence-electron chi connectivity index (χ4n) is 5.33. The normalized spacial score (nSPS) is 14.9. The zero-order valence-electron chi connectivity index (χ0n) is 25.8. The van der Waals surface area contributed by atoms with Gasteiger partial charge in [-0.05, 0) is 37.6 Å². The summed E-state index contributed by atoms with van der Waals surface area (Å²) in [5, 5.41) is 9.03. The van der Waals surface area contributed by atoms with Gasteiger partial charge in [-0.15, -0.1) is 0 Å². The monoisotopic (exact) mass is 627 g/mol. The topological polar surface area (TPSA) is 153 Å². The molecule has 1 fully saturated rings. The third kappa shape index (κ3) is 6.55. The summed E-state index contributed by atoms with van der Waals surface area (Å²) in [7, 11) is -2.16. The first-order valence-electron chi connectivity index (χ1n) is 15.2. The van der Waals surface area contributed by atoms with E-state index in [-0.39, 0.29) is 17.3 Å². The SMILES string of the molecule is CCCOc1ccc(S(=O)(=O)N2CCN(CC)CC2)cc1-c1nc2c(CCC)nn(Cc3ncnn3CCOC)c2c(=O)[nH]1. The van der Waals surface area contributed by atoms with Crippen LogP contribution in [0.3, 0.4) is 0 Å². The van der Waals surface area contributed by atoms with E-state index in [1.165, 1.54) is 10.6 Å². The number of rotatable bonds is 14. The number of H-pyrrole nitrogens is 1. The summed E-state index contributed by atoms with van der Waals surface area (Å²) in [6.45, 7) is 10.8. The molecule has 4 aromatic rings. The predicted molar refractivity (Wildman–Crippen MR) is 165 cm³/mol. The molecule has 0 unspecified atom stereocenters. The number of likely N-dealkylation sites (N-methyl/N-ethyl adjacent to an activating group) is 1. The number of piperazine rings is 1. The largest absolute Gasteiger partial charge is 0.493 e. The molecule has 1 N–H and O–H groups in total. The first kappa shape index (κ1) is 31.8. The number of aromatic amines is 1. The lowest BCUT2D eigenvalue weighted by Gasteiger charge is -2.33. The Morgan fingerprint density at radius 1 is 1.02 bits per heavy atom. The first-order chi connectivity index (χ1) is 21.3. The Morgan fingerprint density at radius 2 is 1.82 bits per heavy atom. The van der Waals surface area contributed by atoms with Gasteiger partial charge in [0.2, 0.25) is 10.0 Å². The minimum absolute atomic E-state index is 0.129. The quantitative estimate of drug-likeness (QED) is 0.220. The Bertz CT molecular complexity index is 1740. The number of hydrogen-bond acceptors (Lipinski definition) is 10. The van der Waals surface area contributed by atoms with E-state index in [0.717, 1.165) is 19.4 Å². The summed E-state index contributed by atoms with van der Waals surface area (Å²) in [6.07, 6.45) is 3.62. The molecule has 44 heavy (non-hydrogen) atoms. The van der Waals surface area contributed by atoms with Gasteiger partial charge in [-0.25, -0.2) is 27.7 Å². The van der Waals surface area contributed by atoms with Crippen LogP contribution in [0.1, 0.15) is 45.1 Å². The van der Waals surface area contributed by atoms with Crippen molar-refractivity contribution in [3.05, 3.63) is 46.4 Å². The summed E-state index contributed by atoms with van der Waals surface area (Å²) < 4.78 is 43.4. The summed E-state index contributed by atoms with van der Waals surface area (Å²) in [4.78, 5) is 28.2. The number of hydrogen-bond donors (Lipinski definition) is 1. The molecule has 0 spiro atoms. The number of methoxy groups -OCH3 is 1. The van der Waals surface area contributed by atoms with Crippen molar-refractivity contribution in [2.75, 3.05) is 53.0 Å². The highest BCUT2D eigenvalue weighted by Crippen LogP contribution is 2.32. The molecule has 1 aromatic carbocycles. The second-order valence-electron chi connectivity index (χ2n) is 10.7. The maximum atomic E-state index is 13.7. The van der Waals surface area contributed by atoms with Crippen LogP contribution in [0.4, 0.5) is 0 Å². The van der Waals surface area contributed by atoms with E-state index in [1.807, 2.05) is 13.8 Å². The first-order valence-corrected chi connectivity index (χ1v) is 16.6. The molecule has 4 heterocycles. The Hall–Kier alpha value is -3.66. The van der Waals surface area contributed by atoms with Crippen molar-refractivity contribution in [2.45, 2.75) is 58.0 Å². The number of ether oxygens (including phenoxy) is 2. The number of nitrogens with one attached hydrogen (secondary N) is 1. The molecule has 1 aliphatic heterocycles. The number of benzene rings is 1. The number of aryl methyl sites for hydroxylation is 1. The molecule has 15 heteroatoms. The predicted octanol–water partition coefficient (Wildman–Crippen LogP) is 2.14. The lowest BCUT2D eigenvalue weighted by molar-refractivity contribution is 0.182. The third-order valence-corrected chi connectivity index (χ3v) is 9.63. The molecule has 0 saturated carbocycles. The minimum atomic E-state index is -3.78. The maximum Gasteiger partial charge on any atom is 0.277 e. The molecule has 0 radical (unpaired) electrons. The Balaban J connectivity index is 1.58. The molecule has 0 aliphatic carbocycles. The van der Waals surface area contributed by atoms with Crippen molar-refractivity contribution in [3.8, 4) is 17.1 Å². The van der Waals surface area contributed by atoms with Crippen molar-refractivity contribution in [3.63, 3.8) is 0 Å². The lowest BCUT2D eigenvalue weighted by Crippen LogP contribution is -2.48. The van der Waals surface area contributed by atoms with E-state index in [2.05, 4.69) is 26.9 Å². The molecule has 0 amide bonds. The van der Waals surface area contributed by atoms with Crippen molar-refractivity contribution in [2.24, 2.45) is 0 Å². The average Bonchev–Trinajstić information content (AvgIpc) is 3.63. The fraction of sp³-hybridized carbons (Fsp3) is 0.552. The summed E-state index contributed by atoms with van der Waals surface area (Å²) >= 11 is 0. The molecule has 238 valence electrons. The van der Waals surface area contributed by atoms with Crippen molar-refractivity contribution >= 4 is 21.1 Å². The lowest BCUT2D eigenvalue weighted by atomic mass is 10.1. The molecule has 5 rings (SSSR count). The van der Waals surface area contributed by atoms with E-state index in [0.29, 0.717) is 86.2 Å². The fourth-order valence-corrected chi connectivity index (χ4v) is 6.78. The van der Waals surface area contributed by atoms with E-state index >= 15 is 0 Å². The van der Waals surface area contributed by atoms with Gasteiger partial charge in [-0.2, -0.15) is 14.5 Å². The van der Waals surface area contributed by atoms with Crippen LogP contribution < -0.4 is 10.3 Å². The third-order valence-electron chi connectivity index (χ3n) is 7.73. The van der Waals surface area contributed by atoms with Crippen LogP contribution >= 0.6 is 0 Å². The smallest absolute Gasteiger partial charge is 0.277 e. The van der Waals surface area contributed by atoms with Crippen LogP contribution in [0.15, 0.2) is 34.2 Å². The van der Waals surface area contributed by atoms with Gasteiger partial charge in [0.1, 0.15) is 35.8 Å². The van der Waals surface area contributed by atoms with Crippen LogP contribution in [0.5, 0.6) is 5.75 Å². The van der Waals surface area contributed by atoms with Crippen LogP contribution in [0.25, 0.3) is 22.4 Å². The second kappa shape index (κ2) is 14.0. The highest BCUT2D eigenvalue weighted by Gasteiger charge is 2.29. The van der Waals surface area contributed by atoms with Gasteiger partial charge in [-0.3, -0.25) is 4.79 Å². The summed E-state index contributed by atoms with van der Waals surface area (Å²) in [6, 6.07) is 4.76. The summed E-state index contributed by atoms with van der Waals surface area (Å²) in [5.41, 5.74) is 1.45. The van der Waals surface area contributed by atoms with Gasteiger partial charge in [-0.1, -0.05) is 27.2 Å². The van der Waals surface area contributed by atoms with Crippen LogP contribution in [-0.4, -0.2) is 105 Å². The highest BCUT2D eigenvalue weighted by atomic mass is 32.2. The minimum Gasteiger partial charge on any atom is -0.493 e. The van der Waals surface area contributed by atoms with Crippen LogP contribution in [-0.2, 0) is 34.3 Å². The van der Waals surface area contributed by atoms with Gasteiger partial charge in [0.15, 0.2) is 5.52 Å². The molecule has 14 nitrogen and oxygen atoms in total. The van der Waals surface area contributed by atoms with Gasteiger partial charge in [0.05, 0.1) is 35.9 Å². The number of aromatic nitrogens is 7. The van der Waals surface area contributed by atoms with Crippen molar-refractivity contribution in [1.82, 2.24) is 43.7 Å². The molecule has 1 saturated heterocycles. The molecule has 1 aliphatic rings. The molecule has 0 bridgehead atoms. The van der Waals surface area contributed by atoms with Gasteiger partial charge in [0.25, 0.3) is 5.56 Å². The van der Waals surface area contributed by atoms with E-state index < -0.39 is 15.6 Å². The van der Waals surface area contributed by atoms with E-state index in [9.17, 15) is 13.2 Å². The summed E-state index contributed by atoms with van der Waals surface area (Å²) in [5.74, 6) is 1.30. The number of nitrogens with zero attached hydrogens (tertiary/aromatic N) is 8. The van der Waals surface area contributed by atoms with Crippen molar-refractivity contribution < 1.29 is 17.9 Å². The molecule has 3 aromatic heterocycles. The molecular formula is C29H41N9O5S. The highest BCUT2D eigenvalue weighted by molar-refractivity contribution is 7.89. The second-order valence-corrected chi connectivity index (χ2v) is 12.6. The van der Waals surface area contributed by atoms with Crippen LogP contribution in [0.2, 0.25) is 0 Å². The Morgan fingerprint density at radius 3 is 2.52 bits per heavy atom. The Labute approximate surface area is 257 Å².